The van der Waals surface area contributed by atoms with Gasteiger partial charge in [-0.15, -0.1) is 0 Å². The molecule has 0 amide bonds. The van der Waals surface area contributed by atoms with E-state index in [1.807, 2.05) is 38.1 Å². The van der Waals surface area contributed by atoms with E-state index in [4.69, 9.17) is 9.72 Å². The second-order valence-electron chi connectivity index (χ2n) is 5.41. The van der Waals surface area contributed by atoms with Crippen LogP contribution in [0.1, 0.15) is 22.8 Å². The number of rotatable bonds is 3. The number of benzene rings is 1. The number of carbonyl (C=O) groups is 1. The van der Waals surface area contributed by atoms with Gasteiger partial charge in [0.15, 0.2) is 0 Å². The molecule has 5 heteroatoms. The second kappa shape index (κ2) is 6.32. The number of carbonyl (C=O) groups excluding carboxylic acids is 1. The summed E-state index contributed by atoms with van der Waals surface area (Å²) in [4.78, 5) is 19.5. The second-order valence-corrected chi connectivity index (χ2v) is 5.41. The van der Waals surface area contributed by atoms with Crippen molar-refractivity contribution in [1.29, 1.82) is 0 Å². The lowest BCUT2D eigenvalue weighted by Gasteiger charge is -2.30. The Bertz CT molecular complexity index is 694. The lowest BCUT2D eigenvalue weighted by atomic mass is 10.0. The number of nitrogens with one attached hydrogen (secondary N) is 1. The van der Waals surface area contributed by atoms with Crippen molar-refractivity contribution in [2.45, 2.75) is 13.8 Å². The smallest absolute Gasteiger partial charge is 0.339 e. The van der Waals surface area contributed by atoms with Crippen molar-refractivity contribution in [1.82, 2.24) is 10.3 Å². The average molecular weight is 299 g/mol. The molecule has 1 aromatic heterocycles. The first-order valence-electron chi connectivity index (χ1n) is 7.74. The molecule has 0 radical (unpaired) electrons. The maximum absolute atomic E-state index is 12.4. The molecule has 0 spiro atoms. The van der Waals surface area contributed by atoms with Gasteiger partial charge in [-0.3, -0.25) is 0 Å². The molecule has 2 heterocycles. The SMILES string of the molecule is CCOC(=O)c1c(C)c(N2CCNCC2)nc2ccccc12. The number of nitrogens with zero attached hydrogens (tertiary/aromatic N) is 2. The fourth-order valence-electron chi connectivity index (χ4n) is 2.95. The number of para-hydroxylation sites is 1. The van der Waals surface area contributed by atoms with Crippen molar-refractivity contribution in [3.05, 3.63) is 35.4 Å². The van der Waals surface area contributed by atoms with Crippen molar-refractivity contribution < 1.29 is 9.53 Å². The first kappa shape index (κ1) is 14.8. The predicted octanol–water partition coefficient (Wildman–Crippen LogP) is 2.13. The summed E-state index contributed by atoms with van der Waals surface area (Å²) in [5.41, 5.74) is 2.38. The van der Waals surface area contributed by atoms with Crippen LogP contribution in [-0.2, 0) is 4.74 Å². The van der Waals surface area contributed by atoms with E-state index in [2.05, 4.69) is 10.2 Å². The molecule has 22 heavy (non-hydrogen) atoms. The van der Waals surface area contributed by atoms with E-state index < -0.39 is 0 Å². The molecule has 1 aromatic carbocycles. The van der Waals surface area contributed by atoms with Crippen molar-refractivity contribution in [3.63, 3.8) is 0 Å². The molecule has 1 saturated heterocycles. The van der Waals surface area contributed by atoms with Gasteiger partial charge in [0.2, 0.25) is 0 Å². The summed E-state index contributed by atoms with van der Waals surface area (Å²) in [5.74, 6) is 0.623. The van der Waals surface area contributed by atoms with Gasteiger partial charge in [-0.25, -0.2) is 9.78 Å². The van der Waals surface area contributed by atoms with Crippen molar-refractivity contribution in [2.75, 3.05) is 37.7 Å². The third kappa shape index (κ3) is 2.64. The molecule has 1 fully saturated rings. The zero-order valence-corrected chi connectivity index (χ0v) is 13.1. The molecule has 1 aliphatic heterocycles. The van der Waals surface area contributed by atoms with Crippen molar-refractivity contribution in [2.24, 2.45) is 0 Å². The number of hydrogen-bond acceptors (Lipinski definition) is 5. The molecule has 1 aliphatic rings. The van der Waals surface area contributed by atoms with Crippen LogP contribution in [0, 0.1) is 6.92 Å². The number of esters is 1. The molecule has 3 rings (SSSR count). The zero-order valence-electron chi connectivity index (χ0n) is 13.1. The molecule has 2 aromatic rings. The summed E-state index contributed by atoms with van der Waals surface area (Å²) < 4.78 is 5.26. The minimum absolute atomic E-state index is 0.269. The number of fused-ring (bicyclic) bond motifs is 1. The van der Waals surface area contributed by atoms with Crippen LogP contribution in [0.15, 0.2) is 24.3 Å². The van der Waals surface area contributed by atoms with Crippen LogP contribution in [0.2, 0.25) is 0 Å². The van der Waals surface area contributed by atoms with E-state index >= 15 is 0 Å². The third-order valence-corrected chi connectivity index (χ3v) is 4.01. The van der Waals surface area contributed by atoms with Crippen molar-refractivity contribution >= 4 is 22.7 Å². The fourth-order valence-corrected chi connectivity index (χ4v) is 2.95. The highest BCUT2D eigenvalue weighted by atomic mass is 16.5. The Morgan fingerprint density at radius 2 is 2.05 bits per heavy atom. The van der Waals surface area contributed by atoms with Gasteiger partial charge in [0.1, 0.15) is 5.82 Å². The fraction of sp³-hybridized carbons (Fsp3) is 0.412. The number of hydrogen-bond donors (Lipinski definition) is 1. The highest BCUT2D eigenvalue weighted by Gasteiger charge is 2.22. The standard InChI is InChI=1S/C17H21N3O2/c1-3-22-17(21)15-12(2)16(20-10-8-18-9-11-20)19-14-7-5-4-6-13(14)15/h4-7,18H,3,8-11H2,1-2H3. The van der Waals surface area contributed by atoms with Gasteiger partial charge in [-0.2, -0.15) is 0 Å². The summed E-state index contributed by atoms with van der Waals surface area (Å²) in [6, 6.07) is 7.75. The first-order chi connectivity index (χ1) is 10.7. The Morgan fingerprint density at radius 3 is 2.77 bits per heavy atom. The molecule has 0 saturated carbocycles. The maximum Gasteiger partial charge on any atom is 0.339 e. The number of aromatic nitrogens is 1. The molecule has 116 valence electrons. The van der Waals surface area contributed by atoms with Crippen LogP contribution in [0.3, 0.4) is 0 Å². The van der Waals surface area contributed by atoms with E-state index in [0.29, 0.717) is 12.2 Å². The van der Waals surface area contributed by atoms with E-state index in [9.17, 15) is 4.79 Å². The zero-order chi connectivity index (χ0) is 15.5. The van der Waals surface area contributed by atoms with Gasteiger partial charge in [0, 0.05) is 37.1 Å². The summed E-state index contributed by atoms with van der Waals surface area (Å²) in [7, 11) is 0. The monoisotopic (exact) mass is 299 g/mol. The molecular formula is C17H21N3O2. The number of piperazine rings is 1. The summed E-state index contributed by atoms with van der Waals surface area (Å²) >= 11 is 0. The third-order valence-electron chi connectivity index (χ3n) is 4.01. The molecule has 5 nitrogen and oxygen atoms in total. The van der Waals surface area contributed by atoms with Crippen LogP contribution in [0.5, 0.6) is 0 Å². The Balaban J connectivity index is 2.17. The first-order valence-corrected chi connectivity index (χ1v) is 7.74. The van der Waals surface area contributed by atoms with Gasteiger partial charge >= 0.3 is 5.97 Å². The number of pyridine rings is 1. The molecule has 0 unspecified atom stereocenters. The Hall–Kier alpha value is -2.14. The van der Waals surface area contributed by atoms with E-state index in [-0.39, 0.29) is 5.97 Å². The molecular weight excluding hydrogens is 278 g/mol. The van der Waals surface area contributed by atoms with Crippen LogP contribution >= 0.6 is 0 Å². The summed E-state index contributed by atoms with van der Waals surface area (Å²) in [5, 5.41) is 4.20. The predicted molar refractivity (Wildman–Crippen MR) is 87.5 cm³/mol. The highest BCUT2D eigenvalue weighted by molar-refractivity contribution is 6.06. The lowest BCUT2D eigenvalue weighted by Crippen LogP contribution is -2.44. The van der Waals surface area contributed by atoms with Crippen LogP contribution in [0.4, 0.5) is 5.82 Å². The Morgan fingerprint density at radius 1 is 1.32 bits per heavy atom. The van der Waals surface area contributed by atoms with Crippen LogP contribution in [0.25, 0.3) is 10.9 Å². The Labute approximate surface area is 130 Å². The van der Waals surface area contributed by atoms with Crippen molar-refractivity contribution in [3.8, 4) is 0 Å². The lowest BCUT2D eigenvalue weighted by molar-refractivity contribution is 0.0528. The van der Waals surface area contributed by atoms with Crippen LogP contribution in [-0.4, -0.2) is 43.7 Å². The molecule has 0 atom stereocenters. The van der Waals surface area contributed by atoms with Gasteiger partial charge in [0.25, 0.3) is 0 Å². The summed E-state index contributed by atoms with van der Waals surface area (Å²) in [6.45, 7) is 7.82. The van der Waals surface area contributed by atoms with E-state index in [1.54, 1.807) is 0 Å². The van der Waals surface area contributed by atoms with Gasteiger partial charge in [-0.1, -0.05) is 18.2 Å². The van der Waals surface area contributed by atoms with Gasteiger partial charge < -0.3 is 15.0 Å². The van der Waals surface area contributed by atoms with E-state index in [0.717, 1.165) is 48.5 Å². The highest BCUT2D eigenvalue weighted by Crippen LogP contribution is 2.29. The minimum Gasteiger partial charge on any atom is -0.462 e. The summed E-state index contributed by atoms with van der Waals surface area (Å²) in [6.07, 6.45) is 0. The normalized spacial score (nSPS) is 15.1. The topological polar surface area (TPSA) is 54.5 Å². The van der Waals surface area contributed by atoms with E-state index in [1.165, 1.54) is 0 Å². The number of ether oxygens (including phenoxy) is 1. The minimum atomic E-state index is -0.269. The quantitative estimate of drug-likeness (QED) is 0.880. The Kier molecular flexibility index (Phi) is 4.24. The molecule has 0 aliphatic carbocycles. The van der Waals surface area contributed by atoms with Crippen LogP contribution < -0.4 is 10.2 Å². The van der Waals surface area contributed by atoms with Gasteiger partial charge in [-0.05, 0) is 19.9 Å². The average Bonchev–Trinajstić information content (AvgIpc) is 2.55. The largest absolute Gasteiger partial charge is 0.462 e. The maximum atomic E-state index is 12.4. The molecule has 1 N–H and O–H groups in total. The molecule has 0 bridgehead atoms. The van der Waals surface area contributed by atoms with Gasteiger partial charge in [0.05, 0.1) is 17.7 Å². The number of anilines is 1.